The number of benzene rings is 1. The van der Waals surface area contributed by atoms with Crippen LogP contribution in [-0.2, 0) is 16.6 Å². The molecule has 2 rings (SSSR count). The van der Waals surface area contributed by atoms with Crippen LogP contribution in [0.3, 0.4) is 0 Å². The van der Waals surface area contributed by atoms with Gasteiger partial charge in [-0.25, -0.2) is 17.8 Å². The number of aromatic nitrogens is 2. The maximum Gasteiger partial charge on any atom is 0.266 e. The summed E-state index contributed by atoms with van der Waals surface area (Å²) in [7, 11) is -3.57. The van der Waals surface area contributed by atoms with Crippen molar-refractivity contribution in [2.45, 2.75) is 11.4 Å². The monoisotopic (exact) mass is 357 g/mol. The van der Waals surface area contributed by atoms with Crippen molar-refractivity contribution in [2.75, 3.05) is 6.54 Å². The van der Waals surface area contributed by atoms with E-state index in [4.69, 9.17) is 0 Å². The number of sulfonamides is 1. The number of hydrogen-bond acceptors (Lipinski definition) is 4. The molecule has 20 heavy (non-hydrogen) atoms. The first-order valence-corrected chi connectivity index (χ1v) is 8.04. The first-order chi connectivity index (χ1) is 9.49. The second kappa shape index (κ2) is 6.29. The van der Waals surface area contributed by atoms with Gasteiger partial charge in [-0.1, -0.05) is 15.9 Å². The van der Waals surface area contributed by atoms with Crippen LogP contribution in [0, 0.1) is 0 Å². The Kier molecular flexibility index (Phi) is 4.69. The second-order valence-electron chi connectivity index (χ2n) is 3.94. The fourth-order valence-corrected chi connectivity index (χ4v) is 2.82. The lowest BCUT2D eigenvalue weighted by molar-refractivity contribution is 0.547. The van der Waals surface area contributed by atoms with E-state index in [0.717, 1.165) is 4.47 Å². The highest BCUT2D eigenvalue weighted by Crippen LogP contribution is 2.14. The summed E-state index contributed by atoms with van der Waals surface area (Å²) in [6.45, 7) is 0.269. The number of halogens is 1. The molecule has 8 heteroatoms. The van der Waals surface area contributed by atoms with Crippen LogP contribution in [-0.4, -0.2) is 24.7 Å². The van der Waals surface area contributed by atoms with Gasteiger partial charge in [0.05, 0.1) is 11.4 Å². The molecule has 1 heterocycles. The SMILES string of the molecule is O=c1cccnn1CCNS(=O)(=O)c1ccc(Br)cc1. The first-order valence-electron chi connectivity index (χ1n) is 5.76. The van der Waals surface area contributed by atoms with Gasteiger partial charge in [-0.2, -0.15) is 5.10 Å². The topological polar surface area (TPSA) is 81.1 Å². The smallest absolute Gasteiger partial charge is 0.266 e. The molecule has 0 aliphatic heterocycles. The van der Waals surface area contributed by atoms with Crippen LogP contribution >= 0.6 is 15.9 Å². The second-order valence-corrected chi connectivity index (χ2v) is 6.62. The predicted molar refractivity (Wildman–Crippen MR) is 77.8 cm³/mol. The third kappa shape index (κ3) is 3.75. The average Bonchev–Trinajstić information content (AvgIpc) is 2.41. The minimum Gasteiger partial charge on any atom is -0.268 e. The Morgan fingerprint density at radius 2 is 1.90 bits per heavy atom. The van der Waals surface area contributed by atoms with Crippen LogP contribution in [0.15, 0.2) is 56.8 Å². The Hall–Kier alpha value is -1.51. The molecule has 0 amide bonds. The summed E-state index contributed by atoms with van der Waals surface area (Å²) >= 11 is 3.24. The minimum atomic E-state index is -3.57. The van der Waals surface area contributed by atoms with Crippen LogP contribution in [0.25, 0.3) is 0 Å². The van der Waals surface area contributed by atoms with Gasteiger partial charge in [0.2, 0.25) is 10.0 Å². The lowest BCUT2D eigenvalue weighted by Crippen LogP contribution is -2.31. The van der Waals surface area contributed by atoms with Crippen molar-refractivity contribution in [3.63, 3.8) is 0 Å². The van der Waals surface area contributed by atoms with Crippen molar-refractivity contribution in [3.8, 4) is 0 Å². The fraction of sp³-hybridized carbons (Fsp3) is 0.167. The van der Waals surface area contributed by atoms with Gasteiger partial charge in [0.1, 0.15) is 0 Å². The number of nitrogens with zero attached hydrogens (tertiary/aromatic N) is 2. The van der Waals surface area contributed by atoms with E-state index in [9.17, 15) is 13.2 Å². The maximum absolute atomic E-state index is 12.0. The van der Waals surface area contributed by atoms with Gasteiger partial charge in [-0.3, -0.25) is 4.79 Å². The van der Waals surface area contributed by atoms with E-state index in [1.54, 1.807) is 12.1 Å². The van der Waals surface area contributed by atoms with Crippen LogP contribution in [0.5, 0.6) is 0 Å². The van der Waals surface area contributed by atoms with Gasteiger partial charge in [0.25, 0.3) is 5.56 Å². The molecule has 0 spiro atoms. The lowest BCUT2D eigenvalue weighted by atomic mass is 10.4. The summed E-state index contributed by atoms with van der Waals surface area (Å²) < 4.78 is 28.4. The van der Waals surface area contributed by atoms with Crippen LogP contribution in [0.2, 0.25) is 0 Å². The molecule has 0 unspecified atom stereocenters. The molecule has 0 aliphatic carbocycles. The highest BCUT2D eigenvalue weighted by molar-refractivity contribution is 9.10. The molecule has 0 bridgehead atoms. The molecule has 0 saturated heterocycles. The van der Waals surface area contributed by atoms with Crippen molar-refractivity contribution < 1.29 is 8.42 Å². The molecule has 0 saturated carbocycles. The molecule has 1 aromatic carbocycles. The van der Waals surface area contributed by atoms with Crippen molar-refractivity contribution in [1.82, 2.24) is 14.5 Å². The zero-order valence-electron chi connectivity index (χ0n) is 10.4. The Labute approximate surface area is 124 Å². The molecule has 0 radical (unpaired) electrons. The first kappa shape index (κ1) is 14.9. The number of rotatable bonds is 5. The number of nitrogens with one attached hydrogen (secondary N) is 1. The van der Waals surface area contributed by atoms with Crippen molar-refractivity contribution in [3.05, 3.63) is 57.4 Å². The standard InChI is InChI=1S/C12H12BrN3O3S/c13-10-3-5-11(6-4-10)20(18,19)15-8-9-16-12(17)2-1-7-14-16/h1-7,15H,8-9H2. The molecule has 6 nitrogen and oxygen atoms in total. The molecular formula is C12H12BrN3O3S. The molecule has 2 aromatic rings. The van der Waals surface area contributed by atoms with Crippen molar-refractivity contribution in [1.29, 1.82) is 0 Å². The van der Waals surface area contributed by atoms with E-state index in [2.05, 4.69) is 25.8 Å². The Balaban J connectivity index is 2.02. The fourth-order valence-electron chi connectivity index (χ4n) is 1.54. The Morgan fingerprint density at radius 3 is 2.55 bits per heavy atom. The summed E-state index contributed by atoms with van der Waals surface area (Å²) in [5.74, 6) is 0. The third-order valence-corrected chi connectivity index (χ3v) is 4.53. The summed E-state index contributed by atoms with van der Waals surface area (Å²) in [4.78, 5) is 11.6. The molecular weight excluding hydrogens is 346 g/mol. The summed E-state index contributed by atoms with van der Waals surface area (Å²) in [6.07, 6.45) is 1.48. The number of hydrogen-bond donors (Lipinski definition) is 1. The molecule has 0 aliphatic rings. The Bertz CT molecular complexity index is 741. The van der Waals surface area contributed by atoms with Gasteiger partial charge >= 0.3 is 0 Å². The van der Waals surface area contributed by atoms with Crippen LogP contribution < -0.4 is 10.3 Å². The highest BCUT2D eigenvalue weighted by Gasteiger charge is 2.12. The van der Waals surface area contributed by atoms with Crippen molar-refractivity contribution >= 4 is 26.0 Å². The maximum atomic E-state index is 12.0. The molecule has 106 valence electrons. The van der Waals surface area contributed by atoms with E-state index in [0.29, 0.717) is 0 Å². The zero-order chi connectivity index (χ0) is 14.6. The van der Waals surface area contributed by atoms with E-state index in [1.165, 1.54) is 35.1 Å². The van der Waals surface area contributed by atoms with Gasteiger partial charge < -0.3 is 0 Å². The zero-order valence-corrected chi connectivity index (χ0v) is 12.8. The average molecular weight is 358 g/mol. The van der Waals surface area contributed by atoms with Crippen LogP contribution in [0.1, 0.15) is 0 Å². The quantitative estimate of drug-likeness (QED) is 0.864. The van der Waals surface area contributed by atoms with E-state index < -0.39 is 10.0 Å². The van der Waals surface area contributed by atoms with Gasteiger partial charge in [-0.05, 0) is 30.3 Å². The van der Waals surface area contributed by atoms with Gasteiger partial charge in [-0.15, -0.1) is 0 Å². The normalized spacial score (nSPS) is 11.4. The Morgan fingerprint density at radius 1 is 1.20 bits per heavy atom. The summed E-state index contributed by atoms with van der Waals surface area (Å²) in [5.41, 5.74) is -0.268. The van der Waals surface area contributed by atoms with Gasteiger partial charge in [0.15, 0.2) is 0 Å². The molecule has 0 atom stereocenters. The minimum absolute atomic E-state index is 0.0926. The largest absolute Gasteiger partial charge is 0.268 e. The lowest BCUT2D eigenvalue weighted by Gasteiger charge is -2.07. The molecule has 1 aromatic heterocycles. The highest BCUT2D eigenvalue weighted by atomic mass is 79.9. The summed E-state index contributed by atoms with van der Waals surface area (Å²) in [6, 6.07) is 9.20. The van der Waals surface area contributed by atoms with Crippen LogP contribution in [0.4, 0.5) is 0 Å². The van der Waals surface area contributed by atoms with E-state index in [-0.39, 0.29) is 23.5 Å². The molecule has 1 N–H and O–H groups in total. The van der Waals surface area contributed by atoms with Crippen molar-refractivity contribution in [2.24, 2.45) is 0 Å². The van der Waals surface area contributed by atoms with E-state index in [1.807, 2.05) is 0 Å². The predicted octanol–water partition coefficient (Wildman–Crippen LogP) is 0.984. The molecule has 0 fully saturated rings. The van der Waals surface area contributed by atoms with E-state index >= 15 is 0 Å². The van der Waals surface area contributed by atoms with Gasteiger partial charge in [0, 0.05) is 23.3 Å². The third-order valence-electron chi connectivity index (χ3n) is 2.52. The summed E-state index contributed by atoms with van der Waals surface area (Å²) in [5, 5.41) is 3.85.